The number of carbonyl (C=O) groups excluding carboxylic acids is 1. The van der Waals surface area contributed by atoms with Gasteiger partial charge < -0.3 is 10.5 Å². The molecule has 1 saturated heterocycles. The fourth-order valence-electron chi connectivity index (χ4n) is 1.91. The Bertz CT molecular complexity index is 638. The first-order chi connectivity index (χ1) is 10.0. The van der Waals surface area contributed by atoms with Gasteiger partial charge in [0.15, 0.2) is 0 Å². The third-order valence-corrected chi connectivity index (χ3v) is 4.86. The lowest BCUT2D eigenvalue weighted by atomic mass is 10.2. The first-order valence-electron chi connectivity index (χ1n) is 6.27. The van der Waals surface area contributed by atoms with Crippen molar-refractivity contribution in [2.24, 2.45) is 10.8 Å². The molecule has 1 heterocycles. The maximum absolute atomic E-state index is 12.6. The Balaban J connectivity index is 2.30. The molecule has 1 aromatic rings. The summed E-state index contributed by atoms with van der Waals surface area (Å²) in [5.74, 6) is 0. The van der Waals surface area contributed by atoms with Gasteiger partial charge in [0.05, 0.1) is 24.3 Å². The standard InChI is InChI=1S/C12H16N4O4S/c13-12(17)15-14-9-10-3-1-2-4-11(10)21(18,19)16-5-7-20-8-6-16/h1-4,9H,5-8H2,(H3,13,15,17). The number of ether oxygens (including phenoxy) is 1. The van der Waals surface area contributed by atoms with Gasteiger partial charge in [-0.2, -0.15) is 9.41 Å². The Kier molecular flexibility index (Phi) is 4.89. The molecule has 0 spiro atoms. The average molecular weight is 312 g/mol. The van der Waals surface area contributed by atoms with E-state index in [-0.39, 0.29) is 4.90 Å². The highest BCUT2D eigenvalue weighted by Crippen LogP contribution is 2.19. The predicted molar refractivity (Wildman–Crippen MR) is 76.3 cm³/mol. The molecule has 0 saturated carbocycles. The van der Waals surface area contributed by atoms with Crippen molar-refractivity contribution < 1.29 is 17.9 Å². The van der Waals surface area contributed by atoms with Crippen molar-refractivity contribution >= 4 is 22.3 Å². The quantitative estimate of drug-likeness (QED) is 0.587. The summed E-state index contributed by atoms with van der Waals surface area (Å²) in [6.45, 7) is 1.37. The zero-order valence-electron chi connectivity index (χ0n) is 11.2. The SMILES string of the molecule is NC(=O)NN=Cc1ccccc1S(=O)(=O)N1CCOCC1. The lowest BCUT2D eigenvalue weighted by Gasteiger charge is -2.26. The van der Waals surface area contributed by atoms with Crippen LogP contribution in [0.1, 0.15) is 5.56 Å². The lowest BCUT2D eigenvalue weighted by Crippen LogP contribution is -2.40. The van der Waals surface area contributed by atoms with Crippen LogP contribution in [-0.2, 0) is 14.8 Å². The summed E-state index contributed by atoms with van der Waals surface area (Å²) in [5.41, 5.74) is 7.30. The zero-order valence-corrected chi connectivity index (χ0v) is 12.0. The molecular weight excluding hydrogens is 296 g/mol. The van der Waals surface area contributed by atoms with Crippen molar-refractivity contribution in [3.05, 3.63) is 29.8 Å². The average Bonchev–Trinajstić information content (AvgIpc) is 2.48. The Labute approximate surface area is 122 Å². The van der Waals surface area contributed by atoms with E-state index in [1.54, 1.807) is 18.2 Å². The second-order valence-corrected chi connectivity index (χ2v) is 6.19. The molecule has 1 aliphatic heterocycles. The summed E-state index contributed by atoms with van der Waals surface area (Å²) >= 11 is 0. The van der Waals surface area contributed by atoms with Crippen LogP contribution < -0.4 is 11.2 Å². The number of nitrogens with zero attached hydrogens (tertiary/aromatic N) is 2. The minimum atomic E-state index is -3.63. The van der Waals surface area contributed by atoms with Crippen LogP contribution in [0.2, 0.25) is 0 Å². The minimum absolute atomic E-state index is 0.127. The topological polar surface area (TPSA) is 114 Å². The van der Waals surface area contributed by atoms with E-state index in [2.05, 4.69) is 5.10 Å². The van der Waals surface area contributed by atoms with Gasteiger partial charge in [0.2, 0.25) is 10.0 Å². The van der Waals surface area contributed by atoms with Gasteiger partial charge in [-0.05, 0) is 6.07 Å². The van der Waals surface area contributed by atoms with Gasteiger partial charge >= 0.3 is 6.03 Å². The molecule has 1 aromatic carbocycles. The summed E-state index contributed by atoms with van der Waals surface area (Å²) in [6, 6.07) is 5.59. The van der Waals surface area contributed by atoms with Crippen LogP contribution in [-0.4, -0.2) is 51.3 Å². The van der Waals surface area contributed by atoms with Gasteiger partial charge in [0.1, 0.15) is 0 Å². The van der Waals surface area contributed by atoms with Gasteiger partial charge in [-0.3, -0.25) is 0 Å². The van der Waals surface area contributed by atoms with E-state index in [4.69, 9.17) is 10.5 Å². The number of hydrazone groups is 1. The van der Waals surface area contributed by atoms with Crippen molar-refractivity contribution in [3.63, 3.8) is 0 Å². The second kappa shape index (κ2) is 6.66. The molecule has 9 heteroatoms. The van der Waals surface area contributed by atoms with Crippen molar-refractivity contribution in [2.75, 3.05) is 26.3 Å². The number of nitrogens with one attached hydrogen (secondary N) is 1. The summed E-state index contributed by atoms with van der Waals surface area (Å²) in [6.07, 6.45) is 1.25. The molecule has 21 heavy (non-hydrogen) atoms. The van der Waals surface area contributed by atoms with E-state index in [9.17, 15) is 13.2 Å². The van der Waals surface area contributed by atoms with Crippen molar-refractivity contribution in [1.82, 2.24) is 9.73 Å². The van der Waals surface area contributed by atoms with Crippen molar-refractivity contribution in [2.45, 2.75) is 4.90 Å². The van der Waals surface area contributed by atoms with Gasteiger partial charge in [-0.25, -0.2) is 18.6 Å². The number of benzene rings is 1. The lowest BCUT2D eigenvalue weighted by molar-refractivity contribution is 0.0730. The highest BCUT2D eigenvalue weighted by Gasteiger charge is 2.27. The van der Waals surface area contributed by atoms with Crippen LogP contribution >= 0.6 is 0 Å². The molecule has 3 N–H and O–H groups in total. The van der Waals surface area contributed by atoms with Crippen LogP contribution in [0, 0.1) is 0 Å². The van der Waals surface area contributed by atoms with Crippen LogP contribution in [0.4, 0.5) is 4.79 Å². The van der Waals surface area contributed by atoms with E-state index < -0.39 is 16.1 Å². The zero-order chi connectivity index (χ0) is 15.3. The van der Waals surface area contributed by atoms with Gasteiger partial charge in [0.25, 0.3) is 0 Å². The second-order valence-electron chi connectivity index (χ2n) is 4.29. The summed E-state index contributed by atoms with van der Waals surface area (Å²) in [7, 11) is -3.63. The molecule has 0 unspecified atom stereocenters. The molecule has 2 amide bonds. The molecule has 1 fully saturated rings. The van der Waals surface area contributed by atoms with Crippen LogP contribution in [0.15, 0.2) is 34.3 Å². The molecule has 0 radical (unpaired) electrons. The fourth-order valence-corrected chi connectivity index (χ4v) is 3.49. The van der Waals surface area contributed by atoms with E-state index in [1.165, 1.54) is 16.6 Å². The molecule has 8 nitrogen and oxygen atoms in total. The number of morpholine rings is 1. The molecule has 0 bridgehead atoms. The molecule has 0 atom stereocenters. The third-order valence-electron chi connectivity index (χ3n) is 2.89. The highest BCUT2D eigenvalue weighted by atomic mass is 32.2. The van der Waals surface area contributed by atoms with E-state index in [1.807, 2.05) is 5.43 Å². The van der Waals surface area contributed by atoms with Gasteiger partial charge in [0, 0.05) is 18.7 Å². The van der Waals surface area contributed by atoms with Gasteiger partial charge in [-0.15, -0.1) is 0 Å². The normalized spacial score (nSPS) is 17.0. The summed E-state index contributed by atoms with van der Waals surface area (Å²) in [5, 5.41) is 3.60. The minimum Gasteiger partial charge on any atom is -0.379 e. The largest absolute Gasteiger partial charge is 0.379 e. The Hall–Kier alpha value is -1.97. The first-order valence-corrected chi connectivity index (χ1v) is 7.71. The number of hydrogen-bond donors (Lipinski definition) is 2. The Morgan fingerprint density at radius 1 is 1.33 bits per heavy atom. The van der Waals surface area contributed by atoms with E-state index in [0.717, 1.165) is 0 Å². The summed E-state index contributed by atoms with van der Waals surface area (Å²) in [4.78, 5) is 10.7. The number of primary amides is 1. The van der Waals surface area contributed by atoms with Crippen molar-refractivity contribution in [3.8, 4) is 0 Å². The molecular formula is C12H16N4O4S. The fraction of sp³-hybridized carbons (Fsp3) is 0.333. The van der Waals surface area contributed by atoms with E-state index >= 15 is 0 Å². The number of carbonyl (C=O) groups is 1. The molecule has 0 aromatic heterocycles. The molecule has 114 valence electrons. The van der Waals surface area contributed by atoms with Crippen molar-refractivity contribution in [1.29, 1.82) is 0 Å². The monoisotopic (exact) mass is 312 g/mol. The number of amides is 2. The van der Waals surface area contributed by atoms with Crippen LogP contribution in [0.3, 0.4) is 0 Å². The third kappa shape index (κ3) is 3.78. The number of hydrogen-bond acceptors (Lipinski definition) is 5. The molecule has 2 rings (SSSR count). The smallest absolute Gasteiger partial charge is 0.332 e. The summed E-state index contributed by atoms with van der Waals surface area (Å²) < 4.78 is 31.7. The first kappa shape index (κ1) is 15.4. The van der Waals surface area contributed by atoms with E-state index in [0.29, 0.717) is 31.9 Å². The number of sulfonamides is 1. The number of rotatable bonds is 4. The molecule has 0 aliphatic carbocycles. The Morgan fingerprint density at radius 3 is 2.67 bits per heavy atom. The molecule has 1 aliphatic rings. The number of nitrogens with two attached hydrogens (primary N) is 1. The Morgan fingerprint density at radius 2 is 2.00 bits per heavy atom. The van der Waals surface area contributed by atoms with Crippen LogP contribution in [0.25, 0.3) is 0 Å². The maximum atomic E-state index is 12.6. The maximum Gasteiger partial charge on any atom is 0.332 e. The van der Waals surface area contributed by atoms with Gasteiger partial charge in [-0.1, -0.05) is 18.2 Å². The highest BCUT2D eigenvalue weighted by molar-refractivity contribution is 7.89. The van der Waals surface area contributed by atoms with Crippen LogP contribution in [0.5, 0.6) is 0 Å². The predicted octanol–water partition coefficient (Wildman–Crippen LogP) is -0.290. The number of urea groups is 1.